The molecular weight excluding hydrogens is 215 g/mol. The van der Waals surface area contributed by atoms with Crippen LogP contribution in [0, 0.1) is 18.7 Å². The summed E-state index contributed by atoms with van der Waals surface area (Å²) in [4.78, 5) is 2.37. The number of aryl methyl sites for hydroxylation is 1. The zero-order valence-corrected chi connectivity index (χ0v) is 10.7. The van der Waals surface area contributed by atoms with Crippen LogP contribution in [0.5, 0.6) is 0 Å². The van der Waals surface area contributed by atoms with Gasteiger partial charge in [0.2, 0.25) is 0 Å². The molecule has 1 N–H and O–H groups in total. The molecule has 3 heteroatoms. The van der Waals surface area contributed by atoms with E-state index in [2.05, 4.69) is 17.3 Å². The number of nitrogens with zero attached hydrogens (tertiary/aromatic N) is 1. The Bertz CT molecular complexity index is 374. The first-order chi connectivity index (χ1) is 8.15. The zero-order chi connectivity index (χ0) is 12.3. The predicted octanol–water partition coefficient (Wildman–Crippen LogP) is 1.83. The molecule has 1 aromatic carbocycles. The second-order valence-corrected chi connectivity index (χ2v) is 5.12. The Kier molecular flexibility index (Phi) is 4.13. The van der Waals surface area contributed by atoms with Gasteiger partial charge in [0.1, 0.15) is 5.82 Å². The monoisotopic (exact) mass is 236 g/mol. The molecule has 2 nitrogen and oxygen atoms in total. The molecule has 1 aliphatic heterocycles. The van der Waals surface area contributed by atoms with E-state index in [4.69, 9.17) is 0 Å². The summed E-state index contributed by atoms with van der Waals surface area (Å²) < 4.78 is 13.1. The van der Waals surface area contributed by atoms with Gasteiger partial charge in [0.05, 0.1) is 0 Å². The Balaban J connectivity index is 1.78. The first-order valence-electron chi connectivity index (χ1n) is 6.29. The van der Waals surface area contributed by atoms with E-state index >= 15 is 0 Å². The van der Waals surface area contributed by atoms with Crippen LogP contribution in [0.1, 0.15) is 11.1 Å². The maximum Gasteiger partial charge on any atom is 0.126 e. The van der Waals surface area contributed by atoms with Gasteiger partial charge in [0, 0.05) is 26.2 Å². The fourth-order valence-electron chi connectivity index (χ4n) is 2.19. The number of benzene rings is 1. The summed E-state index contributed by atoms with van der Waals surface area (Å²) in [6, 6.07) is 5.41. The van der Waals surface area contributed by atoms with Crippen LogP contribution in [-0.4, -0.2) is 38.1 Å². The number of halogens is 1. The molecule has 1 aromatic rings. The van der Waals surface area contributed by atoms with Gasteiger partial charge in [-0.2, -0.15) is 0 Å². The van der Waals surface area contributed by atoms with E-state index in [9.17, 15) is 4.39 Å². The Hall–Kier alpha value is -0.930. The second kappa shape index (κ2) is 5.61. The first kappa shape index (κ1) is 12.5. The van der Waals surface area contributed by atoms with E-state index in [1.807, 2.05) is 19.1 Å². The van der Waals surface area contributed by atoms with Crippen LogP contribution in [0.2, 0.25) is 0 Å². The Labute approximate surface area is 103 Å². The molecule has 1 saturated heterocycles. The standard InChI is InChI=1S/C14H21FN2/c1-11-7-12(3-4-14(11)15)5-6-17(2)10-13-8-16-9-13/h3-4,7,13,16H,5-6,8-10H2,1-2H3. The van der Waals surface area contributed by atoms with Crippen LogP contribution < -0.4 is 5.32 Å². The van der Waals surface area contributed by atoms with Crippen molar-refractivity contribution in [2.45, 2.75) is 13.3 Å². The van der Waals surface area contributed by atoms with Crippen LogP contribution >= 0.6 is 0 Å². The normalized spacial score (nSPS) is 16.2. The molecule has 1 heterocycles. The highest BCUT2D eigenvalue weighted by Crippen LogP contribution is 2.11. The van der Waals surface area contributed by atoms with Crippen molar-refractivity contribution in [2.24, 2.45) is 5.92 Å². The van der Waals surface area contributed by atoms with Gasteiger partial charge in [-0.15, -0.1) is 0 Å². The van der Waals surface area contributed by atoms with Crippen molar-refractivity contribution in [3.63, 3.8) is 0 Å². The summed E-state index contributed by atoms with van der Waals surface area (Å²) >= 11 is 0. The van der Waals surface area contributed by atoms with Gasteiger partial charge < -0.3 is 10.2 Å². The Morgan fingerprint density at radius 2 is 2.18 bits per heavy atom. The Morgan fingerprint density at radius 3 is 2.76 bits per heavy atom. The SMILES string of the molecule is Cc1cc(CCN(C)CC2CNC2)ccc1F. The van der Waals surface area contributed by atoms with Crippen LogP contribution in [-0.2, 0) is 6.42 Å². The third-order valence-electron chi connectivity index (χ3n) is 3.44. The maximum absolute atomic E-state index is 13.1. The lowest BCUT2D eigenvalue weighted by atomic mass is 10.0. The van der Waals surface area contributed by atoms with Crippen LogP contribution in [0.25, 0.3) is 0 Å². The van der Waals surface area contributed by atoms with Gasteiger partial charge in [-0.05, 0) is 43.5 Å². The highest BCUT2D eigenvalue weighted by atomic mass is 19.1. The van der Waals surface area contributed by atoms with Crippen molar-refractivity contribution < 1.29 is 4.39 Å². The summed E-state index contributed by atoms with van der Waals surface area (Å²) in [5.41, 5.74) is 1.97. The van der Waals surface area contributed by atoms with Gasteiger partial charge in [-0.25, -0.2) is 4.39 Å². The van der Waals surface area contributed by atoms with Gasteiger partial charge in [-0.3, -0.25) is 0 Å². The number of nitrogens with one attached hydrogen (secondary N) is 1. The number of hydrogen-bond donors (Lipinski definition) is 1. The van der Waals surface area contributed by atoms with Crippen molar-refractivity contribution in [2.75, 3.05) is 33.2 Å². The highest BCUT2D eigenvalue weighted by Gasteiger charge is 2.17. The smallest absolute Gasteiger partial charge is 0.126 e. The average molecular weight is 236 g/mol. The van der Waals surface area contributed by atoms with E-state index in [0.717, 1.165) is 44.1 Å². The fourth-order valence-corrected chi connectivity index (χ4v) is 2.19. The lowest BCUT2D eigenvalue weighted by Crippen LogP contribution is -2.47. The minimum absolute atomic E-state index is 0.109. The van der Waals surface area contributed by atoms with Crippen molar-refractivity contribution >= 4 is 0 Å². The van der Waals surface area contributed by atoms with Gasteiger partial charge >= 0.3 is 0 Å². The second-order valence-electron chi connectivity index (χ2n) is 5.12. The first-order valence-corrected chi connectivity index (χ1v) is 6.29. The minimum atomic E-state index is -0.109. The van der Waals surface area contributed by atoms with E-state index in [0.29, 0.717) is 0 Å². The van der Waals surface area contributed by atoms with Gasteiger partial charge in [0.15, 0.2) is 0 Å². The molecule has 0 bridgehead atoms. The van der Waals surface area contributed by atoms with Crippen molar-refractivity contribution in [3.05, 3.63) is 35.1 Å². The number of likely N-dealkylation sites (N-methyl/N-ethyl adjacent to an activating group) is 1. The van der Waals surface area contributed by atoms with Gasteiger partial charge in [-0.1, -0.05) is 12.1 Å². The molecule has 0 spiro atoms. The molecule has 0 saturated carbocycles. The van der Waals surface area contributed by atoms with E-state index in [1.54, 1.807) is 6.07 Å². The third kappa shape index (κ3) is 3.51. The number of hydrogen-bond acceptors (Lipinski definition) is 2. The summed E-state index contributed by atoms with van der Waals surface area (Å²) in [6.45, 7) is 6.33. The fraction of sp³-hybridized carbons (Fsp3) is 0.571. The van der Waals surface area contributed by atoms with Crippen LogP contribution in [0.4, 0.5) is 4.39 Å². The lowest BCUT2D eigenvalue weighted by Gasteiger charge is -2.31. The molecule has 0 radical (unpaired) electrons. The van der Waals surface area contributed by atoms with Gasteiger partial charge in [0.25, 0.3) is 0 Å². The molecule has 1 aliphatic rings. The van der Waals surface area contributed by atoms with E-state index in [1.165, 1.54) is 5.56 Å². The summed E-state index contributed by atoms with van der Waals surface area (Å²) in [6.07, 6.45) is 0.998. The van der Waals surface area contributed by atoms with Crippen molar-refractivity contribution in [3.8, 4) is 0 Å². The summed E-state index contributed by atoms with van der Waals surface area (Å²) in [5, 5.41) is 3.29. The highest BCUT2D eigenvalue weighted by molar-refractivity contribution is 5.24. The van der Waals surface area contributed by atoms with Crippen molar-refractivity contribution in [1.29, 1.82) is 0 Å². The lowest BCUT2D eigenvalue weighted by molar-refractivity contribution is 0.226. The van der Waals surface area contributed by atoms with Crippen molar-refractivity contribution in [1.82, 2.24) is 10.2 Å². The Morgan fingerprint density at radius 1 is 1.41 bits per heavy atom. The molecule has 0 aromatic heterocycles. The average Bonchev–Trinajstić information content (AvgIpc) is 2.25. The molecule has 0 amide bonds. The van der Waals surface area contributed by atoms with E-state index < -0.39 is 0 Å². The zero-order valence-electron chi connectivity index (χ0n) is 10.7. The van der Waals surface area contributed by atoms with Crippen LogP contribution in [0.3, 0.4) is 0 Å². The molecule has 0 atom stereocenters. The summed E-state index contributed by atoms with van der Waals surface area (Å²) in [5.74, 6) is 0.706. The maximum atomic E-state index is 13.1. The van der Waals surface area contributed by atoms with E-state index in [-0.39, 0.29) is 5.82 Å². The molecule has 94 valence electrons. The topological polar surface area (TPSA) is 15.3 Å². The van der Waals surface area contributed by atoms with Crippen LogP contribution in [0.15, 0.2) is 18.2 Å². The minimum Gasteiger partial charge on any atom is -0.316 e. The molecular formula is C14H21FN2. The quantitative estimate of drug-likeness (QED) is 0.839. The largest absolute Gasteiger partial charge is 0.316 e. The molecule has 0 unspecified atom stereocenters. The predicted molar refractivity (Wildman–Crippen MR) is 68.7 cm³/mol. The molecule has 0 aliphatic carbocycles. The molecule has 17 heavy (non-hydrogen) atoms. The summed E-state index contributed by atoms with van der Waals surface area (Å²) in [7, 11) is 2.16. The molecule has 1 fully saturated rings. The number of rotatable bonds is 5. The third-order valence-corrected chi connectivity index (χ3v) is 3.44. The molecule has 2 rings (SSSR count).